The zero-order valence-electron chi connectivity index (χ0n) is 11.7. The van der Waals surface area contributed by atoms with Crippen LogP contribution in [0.4, 0.5) is 11.4 Å². The lowest BCUT2D eigenvalue weighted by molar-refractivity contribution is -0.384. The van der Waals surface area contributed by atoms with E-state index >= 15 is 0 Å². The van der Waals surface area contributed by atoms with Gasteiger partial charge in [-0.3, -0.25) is 14.9 Å². The van der Waals surface area contributed by atoms with Gasteiger partial charge in [-0.2, -0.15) is 0 Å². The normalized spacial score (nSPS) is 18.7. The zero-order valence-corrected chi connectivity index (χ0v) is 11.7. The summed E-state index contributed by atoms with van der Waals surface area (Å²) >= 11 is 0. The van der Waals surface area contributed by atoms with E-state index in [-0.39, 0.29) is 17.6 Å². The van der Waals surface area contributed by atoms with E-state index in [9.17, 15) is 14.9 Å². The highest BCUT2D eigenvalue weighted by molar-refractivity contribution is 5.73. The molecular formula is C14H18N2O4. The number of non-ortho nitro benzene ring substituents is 1. The van der Waals surface area contributed by atoms with Crippen LogP contribution in [0, 0.1) is 23.0 Å². The molecule has 0 bridgehead atoms. The molecule has 0 aromatic heterocycles. The molecule has 20 heavy (non-hydrogen) atoms. The number of hydrogen-bond acceptors (Lipinski definition) is 5. The summed E-state index contributed by atoms with van der Waals surface area (Å²) in [5, 5.41) is 10.8. The lowest BCUT2D eigenvalue weighted by atomic mass is 9.97. The molecule has 108 valence electrons. The molecule has 0 radical (unpaired) electrons. The number of rotatable bonds is 3. The van der Waals surface area contributed by atoms with E-state index in [4.69, 9.17) is 4.74 Å². The van der Waals surface area contributed by atoms with Crippen molar-refractivity contribution in [2.24, 2.45) is 5.92 Å². The van der Waals surface area contributed by atoms with E-state index < -0.39 is 4.92 Å². The lowest BCUT2D eigenvalue weighted by Gasteiger charge is -2.33. The van der Waals surface area contributed by atoms with Crippen LogP contribution in [0.25, 0.3) is 0 Å². The van der Waals surface area contributed by atoms with Crippen LogP contribution in [0.5, 0.6) is 0 Å². The Hall–Kier alpha value is -2.11. The summed E-state index contributed by atoms with van der Waals surface area (Å²) in [7, 11) is 1.40. The third-order valence-electron chi connectivity index (χ3n) is 3.69. The molecule has 1 aliphatic rings. The van der Waals surface area contributed by atoms with Gasteiger partial charge in [-0.25, -0.2) is 0 Å². The number of nitrogens with zero attached hydrogens (tertiary/aromatic N) is 2. The summed E-state index contributed by atoms with van der Waals surface area (Å²) in [4.78, 5) is 24.1. The minimum atomic E-state index is -0.399. The second-order valence-corrected chi connectivity index (χ2v) is 5.04. The number of carbonyl (C=O) groups is 1. The number of methoxy groups -OCH3 is 1. The standard InChI is InChI=1S/C14H18N2O4/c1-10-8-12(16(18)19)5-6-13(10)15-7-3-4-11(9-15)14(17)20-2/h5-6,8,11H,3-4,7,9H2,1-2H3/t11-/m1/s1. The fraction of sp³-hybridized carbons (Fsp3) is 0.500. The molecule has 0 aliphatic carbocycles. The van der Waals surface area contributed by atoms with E-state index in [0.717, 1.165) is 30.6 Å². The van der Waals surface area contributed by atoms with Gasteiger partial charge >= 0.3 is 5.97 Å². The summed E-state index contributed by atoms with van der Waals surface area (Å²) in [6.45, 7) is 3.31. The largest absolute Gasteiger partial charge is 0.469 e. The SMILES string of the molecule is COC(=O)[C@@H]1CCCN(c2ccc([N+](=O)[O-])cc2C)C1. The molecule has 1 aromatic rings. The van der Waals surface area contributed by atoms with Crippen molar-refractivity contribution in [3.05, 3.63) is 33.9 Å². The van der Waals surface area contributed by atoms with Crippen LogP contribution < -0.4 is 4.90 Å². The monoisotopic (exact) mass is 278 g/mol. The molecule has 1 aliphatic heterocycles. The molecule has 6 nitrogen and oxygen atoms in total. The van der Waals surface area contributed by atoms with E-state index in [1.807, 2.05) is 6.92 Å². The Bertz CT molecular complexity index is 530. The molecule has 1 aromatic carbocycles. The number of carbonyl (C=O) groups excluding carboxylic acids is 1. The van der Waals surface area contributed by atoms with Crippen molar-refractivity contribution in [2.75, 3.05) is 25.1 Å². The van der Waals surface area contributed by atoms with Gasteiger partial charge in [0.1, 0.15) is 0 Å². The van der Waals surface area contributed by atoms with Crippen LogP contribution in [-0.4, -0.2) is 31.1 Å². The van der Waals surface area contributed by atoms with Gasteiger partial charge in [0.05, 0.1) is 18.0 Å². The van der Waals surface area contributed by atoms with Crippen LogP contribution in [0.2, 0.25) is 0 Å². The highest BCUT2D eigenvalue weighted by Gasteiger charge is 2.27. The second kappa shape index (κ2) is 5.90. The van der Waals surface area contributed by atoms with Gasteiger partial charge in [-0.1, -0.05) is 0 Å². The summed E-state index contributed by atoms with van der Waals surface area (Å²) in [5.74, 6) is -0.308. The first-order chi connectivity index (χ1) is 9.52. The summed E-state index contributed by atoms with van der Waals surface area (Å²) < 4.78 is 4.80. The smallest absolute Gasteiger partial charge is 0.310 e. The quantitative estimate of drug-likeness (QED) is 0.482. The summed E-state index contributed by atoms with van der Waals surface area (Å²) in [6, 6.07) is 4.83. The first-order valence-electron chi connectivity index (χ1n) is 6.60. The maximum atomic E-state index is 11.6. The number of aryl methyl sites for hydroxylation is 1. The van der Waals surface area contributed by atoms with Crippen LogP contribution in [0.3, 0.4) is 0 Å². The summed E-state index contributed by atoms with van der Waals surface area (Å²) in [5.41, 5.74) is 1.89. The molecule has 0 N–H and O–H groups in total. The van der Waals surface area contributed by atoms with Crippen molar-refractivity contribution < 1.29 is 14.5 Å². The Kier molecular flexibility index (Phi) is 4.22. The fourth-order valence-corrected chi connectivity index (χ4v) is 2.66. The van der Waals surface area contributed by atoms with Crippen LogP contribution in [0.15, 0.2) is 18.2 Å². The van der Waals surface area contributed by atoms with Gasteiger partial charge in [0.2, 0.25) is 0 Å². The van der Waals surface area contributed by atoms with Crippen molar-refractivity contribution in [3.63, 3.8) is 0 Å². The number of ether oxygens (including phenoxy) is 1. The Morgan fingerprint density at radius 1 is 1.50 bits per heavy atom. The van der Waals surface area contributed by atoms with Gasteiger partial charge in [0.15, 0.2) is 0 Å². The molecular weight excluding hydrogens is 260 g/mol. The van der Waals surface area contributed by atoms with Gasteiger partial charge < -0.3 is 9.64 Å². The van der Waals surface area contributed by atoms with Crippen molar-refractivity contribution in [2.45, 2.75) is 19.8 Å². The molecule has 1 heterocycles. The Morgan fingerprint density at radius 2 is 2.25 bits per heavy atom. The first kappa shape index (κ1) is 14.3. The van der Waals surface area contributed by atoms with Crippen molar-refractivity contribution in [3.8, 4) is 0 Å². The van der Waals surface area contributed by atoms with Crippen LogP contribution in [0.1, 0.15) is 18.4 Å². The molecule has 1 atom stereocenters. The maximum absolute atomic E-state index is 11.6. The Morgan fingerprint density at radius 3 is 2.85 bits per heavy atom. The number of nitro groups is 1. The predicted molar refractivity (Wildman–Crippen MR) is 74.8 cm³/mol. The van der Waals surface area contributed by atoms with Crippen molar-refractivity contribution in [1.82, 2.24) is 0 Å². The predicted octanol–water partition coefficient (Wildman–Crippen LogP) is 2.29. The number of benzene rings is 1. The average molecular weight is 278 g/mol. The molecule has 0 spiro atoms. The molecule has 0 amide bonds. The summed E-state index contributed by atoms with van der Waals surface area (Å²) in [6.07, 6.45) is 1.74. The van der Waals surface area contributed by atoms with Gasteiger partial charge in [-0.15, -0.1) is 0 Å². The maximum Gasteiger partial charge on any atom is 0.310 e. The van der Waals surface area contributed by atoms with Gasteiger partial charge in [-0.05, 0) is 31.4 Å². The minimum absolute atomic E-state index is 0.0905. The van der Waals surface area contributed by atoms with Crippen molar-refractivity contribution in [1.29, 1.82) is 0 Å². The van der Waals surface area contributed by atoms with E-state index in [1.165, 1.54) is 13.2 Å². The Balaban J connectivity index is 2.19. The fourth-order valence-electron chi connectivity index (χ4n) is 2.66. The number of piperidine rings is 1. The number of anilines is 1. The molecule has 0 saturated carbocycles. The number of esters is 1. The molecule has 2 rings (SSSR count). The average Bonchev–Trinajstić information content (AvgIpc) is 2.46. The topological polar surface area (TPSA) is 72.7 Å². The highest BCUT2D eigenvalue weighted by atomic mass is 16.6. The van der Waals surface area contributed by atoms with Gasteiger partial charge in [0.25, 0.3) is 5.69 Å². The lowest BCUT2D eigenvalue weighted by Crippen LogP contribution is -2.39. The third kappa shape index (κ3) is 2.89. The number of hydrogen-bond donors (Lipinski definition) is 0. The first-order valence-corrected chi connectivity index (χ1v) is 6.60. The van der Waals surface area contributed by atoms with Crippen molar-refractivity contribution >= 4 is 17.3 Å². The minimum Gasteiger partial charge on any atom is -0.469 e. The highest BCUT2D eigenvalue weighted by Crippen LogP contribution is 2.29. The second-order valence-electron chi connectivity index (χ2n) is 5.04. The third-order valence-corrected chi connectivity index (χ3v) is 3.69. The van der Waals surface area contributed by atoms with E-state index in [1.54, 1.807) is 12.1 Å². The Labute approximate surface area is 117 Å². The molecule has 0 unspecified atom stereocenters. The zero-order chi connectivity index (χ0) is 14.7. The molecule has 1 fully saturated rings. The van der Waals surface area contributed by atoms with Gasteiger partial charge in [0, 0.05) is 30.9 Å². The molecule has 6 heteroatoms. The molecule has 1 saturated heterocycles. The number of nitro benzene ring substituents is 1. The van der Waals surface area contributed by atoms with Crippen LogP contribution in [-0.2, 0) is 9.53 Å². The van der Waals surface area contributed by atoms with E-state index in [2.05, 4.69) is 4.90 Å². The van der Waals surface area contributed by atoms with E-state index in [0.29, 0.717) is 6.54 Å². The van der Waals surface area contributed by atoms with Crippen LogP contribution >= 0.6 is 0 Å².